The van der Waals surface area contributed by atoms with E-state index >= 15 is 0 Å². The normalized spacial score (nSPS) is 12.5. The van der Waals surface area contributed by atoms with E-state index in [1.807, 2.05) is 53.1 Å². The monoisotopic (exact) mass is 719 g/mol. The Labute approximate surface area is 334 Å². The minimum Gasteiger partial charge on any atom is -0.310 e. The van der Waals surface area contributed by atoms with E-state index in [4.69, 9.17) is 6.85 Å². The van der Waals surface area contributed by atoms with Gasteiger partial charge in [0.2, 0.25) is 0 Å². The zero-order valence-electron chi connectivity index (χ0n) is 35.4. The minimum absolute atomic E-state index is 0.130. The van der Waals surface area contributed by atoms with Crippen molar-refractivity contribution < 1.29 is 6.85 Å². The molecule has 0 amide bonds. The molecule has 10 aromatic rings. The fourth-order valence-electron chi connectivity index (χ4n) is 7.92. The maximum absolute atomic E-state index is 8.88. The lowest BCUT2D eigenvalue weighted by atomic mass is 9.94. The number of nitrogens with zero attached hydrogens (tertiary/aromatic N) is 2. The van der Waals surface area contributed by atoms with Crippen molar-refractivity contribution in [2.24, 2.45) is 0 Å². The number of fused-ring (bicyclic) bond motifs is 3. The van der Waals surface area contributed by atoms with Crippen molar-refractivity contribution in [3.05, 3.63) is 230 Å². The Hall–Kier alpha value is -7.42. The maximum atomic E-state index is 8.88. The van der Waals surface area contributed by atoms with Crippen LogP contribution in [0.2, 0.25) is 0 Å². The quantitative estimate of drug-likeness (QED) is 0.152. The molecule has 0 atom stereocenters. The highest BCUT2D eigenvalue weighted by atomic mass is 15.1. The Morgan fingerprint density at radius 2 is 0.857 bits per heavy atom. The molecule has 0 saturated carbocycles. The number of aromatic nitrogens is 1. The Morgan fingerprint density at radius 1 is 0.375 bits per heavy atom. The standard InChI is InChI=1S/C54H38N2/c1-4-16-39(17-5-1)41-30-34-46(35-31-41)55(47-36-32-42(33-37-47)40-18-6-2-7-19-40)51-27-12-10-24-48(51)43-20-14-21-44(38-43)49-26-15-29-53-54(49)50-25-11-13-28-52(50)56(53)45-22-8-3-9-23-45/h1-38H/i3D,8D,9D,22D,23D. The van der Waals surface area contributed by atoms with E-state index in [1.54, 1.807) is 0 Å². The average Bonchev–Trinajstić information content (AvgIpc) is 3.66. The molecule has 0 aliphatic heterocycles. The predicted molar refractivity (Wildman–Crippen MR) is 237 cm³/mol. The van der Waals surface area contributed by atoms with Gasteiger partial charge in [0.05, 0.1) is 23.6 Å². The topological polar surface area (TPSA) is 8.17 Å². The first-order valence-electron chi connectivity index (χ1n) is 21.3. The van der Waals surface area contributed by atoms with Crippen molar-refractivity contribution in [2.75, 3.05) is 4.90 Å². The van der Waals surface area contributed by atoms with Gasteiger partial charge in [0.25, 0.3) is 0 Å². The van der Waals surface area contributed by atoms with Crippen LogP contribution in [0.4, 0.5) is 17.1 Å². The average molecular weight is 720 g/mol. The van der Waals surface area contributed by atoms with Gasteiger partial charge >= 0.3 is 0 Å². The summed E-state index contributed by atoms with van der Waals surface area (Å²) in [6.07, 6.45) is 0. The van der Waals surface area contributed by atoms with E-state index in [0.717, 1.165) is 83.4 Å². The summed E-state index contributed by atoms with van der Waals surface area (Å²) >= 11 is 0. The molecule has 56 heavy (non-hydrogen) atoms. The number of hydrogen-bond acceptors (Lipinski definition) is 1. The molecule has 0 N–H and O–H groups in total. The summed E-state index contributed by atoms with van der Waals surface area (Å²) < 4.78 is 44.7. The summed E-state index contributed by atoms with van der Waals surface area (Å²) in [6.45, 7) is 0. The van der Waals surface area contributed by atoms with E-state index in [-0.39, 0.29) is 29.9 Å². The highest BCUT2D eigenvalue weighted by Gasteiger charge is 2.20. The maximum Gasteiger partial charge on any atom is 0.0645 e. The number of benzene rings is 9. The van der Waals surface area contributed by atoms with E-state index in [9.17, 15) is 0 Å². The minimum atomic E-state index is -0.413. The number of rotatable bonds is 8. The second kappa shape index (κ2) is 14.4. The summed E-state index contributed by atoms with van der Waals surface area (Å²) in [5.74, 6) is 0. The summed E-state index contributed by atoms with van der Waals surface area (Å²) in [6, 6.07) is 67.7. The lowest BCUT2D eigenvalue weighted by Gasteiger charge is -2.28. The van der Waals surface area contributed by atoms with Gasteiger partial charge < -0.3 is 9.47 Å². The lowest BCUT2D eigenvalue weighted by molar-refractivity contribution is 1.18. The molecule has 0 saturated heterocycles. The summed E-state index contributed by atoms with van der Waals surface area (Å²) in [5, 5.41) is 1.86. The van der Waals surface area contributed by atoms with Crippen LogP contribution in [0.1, 0.15) is 6.85 Å². The zero-order chi connectivity index (χ0) is 41.6. The summed E-state index contributed by atoms with van der Waals surface area (Å²) in [5.41, 5.74) is 13.4. The zero-order valence-corrected chi connectivity index (χ0v) is 30.4. The van der Waals surface area contributed by atoms with E-state index < -0.39 is 6.04 Å². The molecule has 1 heterocycles. The van der Waals surface area contributed by atoms with Crippen molar-refractivity contribution in [1.82, 2.24) is 4.57 Å². The summed E-state index contributed by atoms with van der Waals surface area (Å²) in [7, 11) is 0. The van der Waals surface area contributed by atoms with E-state index in [0.29, 0.717) is 0 Å². The van der Waals surface area contributed by atoms with Crippen LogP contribution in [0.25, 0.3) is 72.0 Å². The van der Waals surface area contributed by atoms with Gasteiger partial charge in [-0.05, 0) is 99.6 Å². The van der Waals surface area contributed by atoms with Crippen LogP contribution in [0, 0.1) is 0 Å². The highest BCUT2D eigenvalue weighted by Crippen LogP contribution is 2.44. The third-order valence-electron chi connectivity index (χ3n) is 10.5. The second-order valence-corrected chi connectivity index (χ2v) is 13.8. The van der Waals surface area contributed by atoms with Crippen LogP contribution in [0.3, 0.4) is 0 Å². The van der Waals surface area contributed by atoms with Gasteiger partial charge in [0, 0.05) is 33.4 Å². The van der Waals surface area contributed by atoms with Gasteiger partial charge in [-0.15, -0.1) is 0 Å². The lowest BCUT2D eigenvalue weighted by Crippen LogP contribution is -2.11. The molecular weight excluding hydrogens is 677 g/mol. The van der Waals surface area contributed by atoms with Crippen LogP contribution < -0.4 is 4.90 Å². The van der Waals surface area contributed by atoms with Crippen LogP contribution in [-0.4, -0.2) is 4.57 Å². The summed E-state index contributed by atoms with van der Waals surface area (Å²) in [4.78, 5) is 2.32. The van der Waals surface area contributed by atoms with Gasteiger partial charge in [0.1, 0.15) is 0 Å². The highest BCUT2D eigenvalue weighted by molar-refractivity contribution is 6.16. The molecule has 0 aliphatic carbocycles. The SMILES string of the molecule is [2H]c1c([2H])c([2H])c(-n2c3ccccc3c3c(-c4cccc(-c5ccccc5N(c5ccc(-c6ccccc6)cc5)c5ccc(-c6ccccc6)cc5)c4)cccc32)c([2H])c1[2H]. The van der Waals surface area contributed by atoms with Gasteiger partial charge in [-0.1, -0.05) is 170 Å². The van der Waals surface area contributed by atoms with Crippen LogP contribution in [0.15, 0.2) is 230 Å². The molecule has 264 valence electrons. The van der Waals surface area contributed by atoms with E-state index in [2.05, 4.69) is 157 Å². The molecule has 0 unspecified atom stereocenters. The molecule has 0 radical (unpaired) electrons. The number of para-hydroxylation sites is 3. The molecule has 1 aromatic heterocycles. The molecule has 2 nitrogen and oxygen atoms in total. The van der Waals surface area contributed by atoms with Crippen molar-refractivity contribution >= 4 is 38.9 Å². The predicted octanol–water partition coefficient (Wildman–Crippen LogP) is 14.9. The van der Waals surface area contributed by atoms with Gasteiger partial charge in [-0.2, -0.15) is 0 Å². The smallest absolute Gasteiger partial charge is 0.0645 e. The van der Waals surface area contributed by atoms with Crippen molar-refractivity contribution in [2.45, 2.75) is 0 Å². The van der Waals surface area contributed by atoms with Gasteiger partial charge in [-0.3, -0.25) is 0 Å². The fraction of sp³-hybridized carbons (Fsp3) is 0. The number of hydrogen-bond donors (Lipinski definition) is 0. The van der Waals surface area contributed by atoms with Crippen molar-refractivity contribution in [3.63, 3.8) is 0 Å². The van der Waals surface area contributed by atoms with Gasteiger partial charge in [-0.25, -0.2) is 0 Å². The Bertz CT molecular complexity index is 3120. The molecular formula is C54H38N2. The second-order valence-electron chi connectivity index (χ2n) is 13.8. The Morgan fingerprint density at radius 3 is 1.52 bits per heavy atom. The van der Waals surface area contributed by atoms with Crippen LogP contribution in [0.5, 0.6) is 0 Å². The molecule has 0 spiro atoms. The Kier molecular flexibility index (Phi) is 7.24. The van der Waals surface area contributed by atoms with Crippen molar-refractivity contribution in [1.29, 1.82) is 0 Å². The Balaban J connectivity index is 1.13. The molecule has 0 bridgehead atoms. The molecule has 0 fully saturated rings. The third-order valence-corrected chi connectivity index (χ3v) is 10.5. The van der Waals surface area contributed by atoms with Crippen LogP contribution in [-0.2, 0) is 0 Å². The van der Waals surface area contributed by atoms with Gasteiger partial charge in [0.15, 0.2) is 0 Å². The first kappa shape index (κ1) is 28.1. The molecule has 2 heteroatoms. The van der Waals surface area contributed by atoms with Crippen LogP contribution >= 0.6 is 0 Å². The largest absolute Gasteiger partial charge is 0.310 e. The third kappa shape index (κ3) is 6.04. The molecule has 10 rings (SSSR count). The molecule has 9 aromatic carbocycles. The number of anilines is 3. The first-order chi connectivity index (χ1) is 29.9. The van der Waals surface area contributed by atoms with E-state index in [1.165, 1.54) is 0 Å². The van der Waals surface area contributed by atoms with Crippen molar-refractivity contribution in [3.8, 4) is 50.2 Å². The first-order valence-corrected chi connectivity index (χ1v) is 18.8. The molecule has 0 aliphatic rings. The fourth-order valence-corrected chi connectivity index (χ4v) is 7.92.